The molecule has 0 bridgehead atoms. The predicted molar refractivity (Wildman–Crippen MR) is 109 cm³/mol. The lowest BCUT2D eigenvalue weighted by Gasteiger charge is -2.36. The maximum atomic E-state index is 13.0. The number of carbonyl (C=O) groups is 1. The molecule has 4 rings (SSSR count). The van der Waals surface area contributed by atoms with Gasteiger partial charge in [-0.25, -0.2) is 4.98 Å². The maximum Gasteiger partial charge on any atom is 0.254 e. The largest absolute Gasteiger partial charge is 0.368 e. The fourth-order valence-electron chi connectivity index (χ4n) is 4.01. The molecule has 1 aromatic carbocycles. The Labute approximate surface area is 161 Å². The highest BCUT2D eigenvalue weighted by Crippen LogP contribution is 2.20. The van der Waals surface area contributed by atoms with E-state index < -0.39 is 0 Å². The first kappa shape index (κ1) is 17.8. The molecule has 1 amide bonds. The van der Waals surface area contributed by atoms with Gasteiger partial charge in [-0.2, -0.15) is 0 Å². The van der Waals surface area contributed by atoms with E-state index in [1.54, 1.807) is 6.20 Å². The van der Waals surface area contributed by atoms with Gasteiger partial charge in [0.1, 0.15) is 5.82 Å². The number of benzene rings is 1. The van der Waals surface area contributed by atoms with Crippen molar-refractivity contribution < 1.29 is 4.79 Å². The van der Waals surface area contributed by atoms with Crippen LogP contribution in [0.25, 0.3) is 0 Å². The molecule has 5 heteroatoms. The number of carbonyl (C=O) groups excluding carboxylic acids is 1. The van der Waals surface area contributed by atoms with Crippen LogP contribution in [0.4, 0.5) is 11.5 Å². The molecule has 3 heterocycles. The summed E-state index contributed by atoms with van der Waals surface area (Å²) in [6, 6.07) is 14.3. The zero-order valence-electron chi connectivity index (χ0n) is 15.9. The monoisotopic (exact) mass is 364 g/mol. The third-order valence-electron chi connectivity index (χ3n) is 5.61. The van der Waals surface area contributed by atoms with Gasteiger partial charge >= 0.3 is 0 Å². The van der Waals surface area contributed by atoms with Crippen molar-refractivity contribution in [2.45, 2.75) is 25.7 Å². The highest BCUT2D eigenvalue weighted by Gasteiger charge is 2.23. The van der Waals surface area contributed by atoms with E-state index >= 15 is 0 Å². The molecule has 2 saturated heterocycles. The van der Waals surface area contributed by atoms with Crippen molar-refractivity contribution in [2.24, 2.45) is 0 Å². The maximum absolute atomic E-state index is 13.0. The van der Waals surface area contributed by atoms with Gasteiger partial charge in [0.2, 0.25) is 0 Å². The number of hydrogen-bond acceptors (Lipinski definition) is 4. The van der Waals surface area contributed by atoms with Crippen LogP contribution in [0.2, 0.25) is 0 Å². The van der Waals surface area contributed by atoms with Gasteiger partial charge in [-0.1, -0.05) is 31.0 Å². The number of rotatable bonds is 3. The lowest BCUT2D eigenvalue weighted by atomic mass is 10.2. The summed E-state index contributed by atoms with van der Waals surface area (Å²) in [5.74, 6) is 1.08. The van der Waals surface area contributed by atoms with Crippen molar-refractivity contribution in [3.05, 3.63) is 54.2 Å². The minimum Gasteiger partial charge on any atom is -0.368 e. The summed E-state index contributed by atoms with van der Waals surface area (Å²) in [7, 11) is 0. The summed E-state index contributed by atoms with van der Waals surface area (Å²) >= 11 is 0. The molecular weight excluding hydrogens is 336 g/mol. The van der Waals surface area contributed by atoms with Crippen LogP contribution in [0.1, 0.15) is 36.0 Å². The van der Waals surface area contributed by atoms with Crippen LogP contribution in [-0.4, -0.2) is 55.1 Å². The number of piperazine rings is 1. The van der Waals surface area contributed by atoms with E-state index in [4.69, 9.17) is 0 Å². The minimum absolute atomic E-state index is 0.126. The summed E-state index contributed by atoms with van der Waals surface area (Å²) in [5, 5.41) is 0. The molecular formula is C22H28N4O. The standard InChI is InChI=1S/C22H28N4O/c27-22(26-16-14-24(15-17-26)20-8-4-3-5-9-20)19-10-11-23-21(18-19)25-12-6-1-2-7-13-25/h3-5,8-11,18H,1-2,6-7,12-17H2. The molecule has 2 fully saturated rings. The Bertz CT molecular complexity index is 748. The summed E-state index contributed by atoms with van der Waals surface area (Å²) < 4.78 is 0. The zero-order valence-corrected chi connectivity index (χ0v) is 15.9. The lowest BCUT2D eigenvalue weighted by molar-refractivity contribution is 0.0746. The molecule has 0 spiro atoms. The van der Waals surface area contributed by atoms with Gasteiger partial charge in [0.25, 0.3) is 5.91 Å². The highest BCUT2D eigenvalue weighted by atomic mass is 16.2. The minimum atomic E-state index is 0.126. The van der Waals surface area contributed by atoms with E-state index in [0.29, 0.717) is 0 Å². The van der Waals surface area contributed by atoms with Gasteiger partial charge in [0.05, 0.1) is 0 Å². The normalized spacial score (nSPS) is 18.3. The first-order valence-electron chi connectivity index (χ1n) is 10.1. The highest BCUT2D eigenvalue weighted by molar-refractivity contribution is 5.95. The Balaban J connectivity index is 1.40. The van der Waals surface area contributed by atoms with E-state index in [-0.39, 0.29) is 5.91 Å². The van der Waals surface area contributed by atoms with Crippen LogP contribution in [0.5, 0.6) is 0 Å². The molecule has 0 N–H and O–H groups in total. The van der Waals surface area contributed by atoms with Crippen molar-refractivity contribution in [2.75, 3.05) is 49.1 Å². The molecule has 0 saturated carbocycles. The molecule has 2 aliphatic heterocycles. The van der Waals surface area contributed by atoms with Crippen LogP contribution in [0, 0.1) is 0 Å². The molecule has 5 nitrogen and oxygen atoms in total. The van der Waals surface area contributed by atoms with Gasteiger partial charge < -0.3 is 14.7 Å². The zero-order chi connectivity index (χ0) is 18.5. The van der Waals surface area contributed by atoms with E-state index in [1.165, 1.54) is 31.4 Å². The van der Waals surface area contributed by atoms with Gasteiger partial charge in [-0.3, -0.25) is 4.79 Å². The Morgan fingerprint density at radius 3 is 2.19 bits per heavy atom. The second-order valence-corrected chi connectivity index (χ2v) is 7.42. The second kappa shape index (κ2) is 8.42. The topological polar surface area (TPSA) is 39.7 Å². The second-order valence-electron chi connectivity index (χ2n) is 7.42. The van der Waals surface area contributed by atoms with E-state index in [2.05, 4.69) is 39.0 Å². The summed E-state index contributed by atoms with van der Waals surface area (Å²) in [6.07, 6.45) is 6.79. The van der Waals surface area contributed by atoms with Gasteiger partial charge in [-0.15, -0.1) is 0 Å². The fraction of sp³-hybridized carbons (Fsp3) is 0.455. The molecule has 0 unspecified atom stereocenters. The lowest BCUT2D eigenvalue weighted by Crippen LogP contribution is -2.48. The van der Waals surface area contributed by atoms with Crippen LogP contribution >= 0.6 is 0 Å². The molecule has 27 heavy (non-hydrogen) atoms. The molecule has 2 aromatic rings. The Kier molecular flexibility index (Phi) is 5.56. The third kappa shape index (κ3) is 4.24. The summed E-state index contributed by atoms with van der Waals surface area (Å²) in [5.41, 5.74) is 1.99. The van der Waals surface area contributed by atoms with Crippen molar-refractivity contribution in [3.8, 4) is 0 Å². The number of pyridine rings is 1. The summed E-state index contributed by atoms with van der Waals surface area (Å²) in [6.45, 7) is 5.35. The molecule has 0 atom stereocenters. The number of hydrogen-bond donors (Lipinski definition) is 0. The van der Waals surface area contributed by atoms with Crippen LogP contribution in [0.3, 0.4) is 0 Å². The predicted octanol–water partition coefficient (Wildman–Crippen LogP) is 3.42. The number of para-hydroxylation sites is 1. The van der Waals surface area contributed by atoms with E-state index in [1.807, 2.05) is 23.1 Å². The first-order chi connectivity index (χ1) is 13.3. The van der Waals surface area contributed by atoms with Crippen molar-refractivity contribution >= 4 is 17.4 Å². The van der Waals surface area contributed by atoms with Gasteiger partial charge in [-0.05, 0) is 37.1 Å². The molecule has 0 aliphatic carbocycles. The SMILES string of the molecule is O=C(c1ccnc(N2CCCCCC2)c1)N1CCN(c2ccccc2)CC1. The van der Waals surface area contributed by atoms with E-state index in [0.717, 1.165) is 50.6 Å². The number of aromatic nitrogens is 1. The number of anilines is 2. The molecule has 142 valence electrons. The van der Waals surface area contributed by atoms with Crippen molar-refractivity contribution in [1.82, 2.24) is 9.88 Å². The van der Waals surface area contributed by atoms with Gasteiger partial charge in [0.15, 0.2) is 0 Å². The smallest absolute Gasteiger partial charge is 0.254 e. The Morgan fingerprint density at radius 2 is 1.48 bits per heavy atom. The van der Waals surface area contributed by atoms with Crippen LogP contribution in [-0.2, 0) is 0 Å². The Morgan fingerprint density at radius 1 is 0.778 bits per heavy atom. The van der Waals surface area contributed by atoms with Crippen LogP contribution in [0.15, 0.2) is 48.7 Å². The Hall–Kier alpha value is -2.56. The van der Waals surface area contributed by atoms with Crippen molar-refractivity contribution in [1.29, 1.82) is 0 Å². The average molecular weight is 364 g/mol. The molecule has 0 radical (unpaired) electrons. The summed E-state index contributed by atoms with van der Waals surface area (Å²) in [4.78, 5) is 24.2. The van der Waals surface area contributed by atoms with Crippen molar-refractivity contribution in [3.63, 3.8) is 0 Å². The number of nitrogens with zero attached hydrogens (tertiary/aromatic N) is 4. The van der Waals surface area contributed by atoms with Crippen LogP contribution < -0.4 is 9.80 Å². The number of amides is 1. The molecule has 2 aliphatic rings. The fourth-order valence-corrected chi connectivity index (χ4v) is 4.01. The molecule has 1 aromatic heterocycles. The van der Waals surface area contributed by atoms with Gasteiger partial charge in [0, 0.05) is 56.7 Å². The average Bonchev–Trinajstić information content (AvgIpc) is 3.04. The third-order valence-corrected chi connectivity index (χ3v) is 5.61. The van der Waals surface area contributed by atoms with E-state index in [9.17, 15) is 4.79 Å². The quantitative estimate of drug-likeness (QED) is 0.837. The first-order valence-corrected chi connectivity index (χ1v) is 10.1.